The lowest BCUT2D eigenvalue weighted by Gasteiger charge is -2.37. The molecule has 27 heavy (non-hydrogen) atoms. The van der Waals surface area contributed by atoms with Crippen LogP contribution in [0.2, 0.25) is 0 Å². The maximum Gasteiger partial charge on any atom is 0.0614 e. The summed E-state index contributed by atoms with van der Waals surface area (Å²) >= 11 is 1.90. The minimum Gasteiger partial charge on any atom is -0.354 e. The van der Waals surface area contributed by atoms with Gasteiger partial charge in [-0.2, -0.15) is 0 Å². The third-order valence-electron chi connectivity index (χ3n) is 6.02. The van der Waals surface area contributed by atoms with Crippen molar-refractivity contribution in [1.29, 1.82) is 0 Å². The summed E-state index contributed by atoms with van der Waals surface area (Å²) in [7, 11) is 0. The van der Waals surface area contributed by atoms with Crippen molar-refractivity contribution in [3.8, 4) is 0 Å². The van der Waals surface area contributed by atoms with Crippen LogP contribution in [0.15, 0.2) is 72.8 Å². The van der Waals surface area contributed by atoms with E-state index in [1.165, 1.54) is 53.4 Å². The lowest BCUT2D eigenvalue weighted by atomic mass is 9.72. The van der Waals surface area contributed by atoms with Gasteiger partial charge in [0.05, 0.1) is 10.4 Å². The van der Waals surface area contributed by atoms with Crippen LogP contribution in [0, 0.1) is 0 Å². The van der Waals surface area contributed by atoms with Gasteiger partial charge in [-0.05, 0) is 34.0 Å². The molecule has 2 heteroatoms. The average Bonchev–Trinajstić information content (AvgIpc) is 3.08. The molecule has 6 rings (SSSR count). The molecule has 0 saturated carbocycles. The van der Waals surface area contributed by atoms with Gasteiger partial charge in [0, 0.05) is 26.6 Å². The van der Waals surface area contributed by atoms with E-state index in [2.05, 4.69) is 92.0 Å². The Morgan fingerprint density at radius 3 is 2.26 bits per heavy atom. The van der Waals surface area contributed by atoms with Gasteiger partial charge in [0.15, 0.2) is 0 Å². The van der Waals surface area contributed by atoms with Crippen molar-refractivity contribution < 1.29 is 0 Å². The second-order valence-corrected chi connectivity index (χ2v) is 8.95. The molecule has 0 amide bonds. The summed E-state index contributed by atoms with van der Waals surface area (Å²) in [5.74, 6) is 0. The third-order valence-corrected chi connectivity index (χ3v) is 7.21. The largest absolute Gasteiger partial charge is 0.354 e. The third kappa shape index (κ3) is 1.89. The number of rotatable bonds is 0. The van der Waals surface area contributed by atoms with Gasteiger partial charge in [-0.25, -0.2) is 0 Å². The number of anilines is 2. The maximum atomic E-state index is 3.80. The van der Waals surface area contributed by atoms with E-state index in [9.17, 15) is 0 Å². The molecule has 1 aliphatic heterocycles. The van der Waals surface area contributed by atoms with E-state index in [-0.39, 0.29) is 5.41 Å². The summed E-state index contributed by atoms with van der Waals surface area (Å²) in [6.07, 6.45) is 0. The highest BCUT2D eigenvalue weighted by atomic mass is 32.1. The SMILES string of the molecule is CC1(C)c2ccccc2Nc2c1c1ccccc1c1c2sc2ccccc21. The van der Waals surface area contributed by atoms with Crippen molar-refractivity contribution >= 4 is 53.7 Å². The van der Waals surface area contributed by atoms with E-state index < -0.39 is 0 Å². The van der Waals surface area contributed by atoms with Gasteiger partial charge in [-0.1, -0.05) is 74.5 Å². The summed E-state index contributed by atoms with van der Waals surface area (Å²) in [5, 5.41) is 9.26. The Bertz CT molecular complexity index is 1370. The molecule has 4 aromatic carbocycles. The zero-order chi connectivity index (χ0) is 18.2. The van der Waals surface area contributed by atoms with E-state index in [4.69, 9.17) is 0 Å². The van der Waals surface area contributed by atoms with Crippen LogP contribution < -0.4 is 5.32 Å². The van der Waals surface area contributed by atoms with E-state index in [1.807, 2.05) is 11.3 Å². The smallest absolute Gasteiger partial charge is 0.0614 e. The predicted molar refractivity (Wildman–Crippen MR) is 119 cm³/mol. The van der Waals surface area contributed by atoms with Gasteiger partial charge < -0.3 is 5.32 Å². The first-order chi connectivity index (χ1) is 13.2. The van der Waals surface area contributed by atoms with Crippen LogP contribution in [0.4, 0.5) is 11.4 Å². The number of nitrogens with one attached hydrogen (secondary N) is 1. The lowest BCUT2D eigenvalue weighted by Crippen LogP contribution is -2.26. The molecule has 0 bridgehead atoms. The van der Waals surface area contributed by atoms with Crippen LogP contribution >= 0.6 is 11.3 Å². The quantitative estimate of drug-likeness (QED) is 0.298. The molecular formula is C25H19NS. The number of thiophene rings is 1. The average molecular weight is 366 g/mol. The highest BCUT2D eigenvalue weighted by molar-refractivity contribution is 7.26. The van der Waals surface area contributed by atoms with E-state index >= 15 is 0 Å². The van der Waals surface area contributed by atoms with Gasteiger partial charge in [-0.3, -0.25) is 0 Å². The highest BCUT2D eigenvalue weighted by Gasteiger charge is 2.35. The molecule has 1 aliphatic rings. The molecule has 1 N–H and O–H groups in total. The lowest BCUT2D eigenvalue weighted by molar-refractivity contribution is 0.645. The Morgan fingerprint density at radius 1 is 0.741 bits per heavy atom. The summed E-state index contributed by atoms with van der Waals surface area (Å²) in [4.78, 5) is 0. The number of benzene rings is 4. The number of hydrogen-bond donors (Lipinski definition) is 1. The van der Waals surface area contributed by atoms with Crippen LogP contribution in [0.25, 0.3) is 30.9 Å². The summed E-state index contributed by atoms with van der Waals surface area (Å²) < 4.78 is 2.72. The van der Waals surface area contributed by atoms with Crippen LogP contribution in [-0.4, -0.2) is 0 Å². The molecular weight excluding hydrogens is 346 g/mol. The Labute approximate surface area is 162 Å². The van der Waals surface area contributed by atoms with Crippen molar-refractivity contribution in [2.45, 2.75) is 19.3 Å². The van der Waals surface area contributed by atoms with Crippen molar-refractivity contribution in [1.82, 2.24) is 0 Å². The zero-order valence-corrected chi connectivity index (χ0v) is 16.2. The standard InChI is InChI=1S/C25H19NS/c1-25(2)18-12-6-7-13-19(18)26-23-22(25)16-10-4-3-9-15(16)21-17-11-5-8-14-20(17)27-24(21)23/h3-14,26H,1-2H3. The molecule has 0 fully saturated rings. The molecule has 0 atom stereocenters. The Morgan fingerprint density at radius 2 is 1.41 bits per heavy atom. The normalized spacial score (nSPS) is 14.9. The van der Waals surface area contributed by atoms with Crippen LogP contribution in [0.1, 0.15) is 25.0 Å². The molecule has 1 aromatic heterocycles. The first-order valence-electron chi connectivity index (χ1n) is 9.39. The Balaban J connectivity index is 1.89. The maximum absolute atomic E-state index is 3.80. The Kier molecular flexibility index (Phi) is 2.89. The van der Waals surface area contributed by atoms with Crippen LogP contribution in [0.5, 0.6) is 0 Å². The molecule has 0 spiro atoms. The van der Waals surface area contributed by atoms with Crippen molar-refractivity contribution in [3.63, 3.8) is 0 Å². The number of hydrogen-bond acceptors (Lipinski definition) is 2. The number of fused-ring (bicyclic) bond motifs is 9. The molecule has 5 aromatic rings. The summed E-state index contributed by atoms with van der Waals surface area (Å²) in [6.45, 7) is 4.72. The van der Waals surface area contributed by atoms with Crippen molar-refractivity contribution in [2.24, 2.45) is 0 Å². The minimum atomic E-state index is -0.0544. The van der Waals surface area contributed by atoms with Crippen molar-refractivity contribution in [3.05, 3.63) is 83.9 Å². The van der Waals surface area contributed by atoms with Crippen LogP contribution in [-0.2, 0) is 5.41 Å². The van der Waals surface area contributed by atoms with Crippen LogP contribution in [0.3, 0.4) is 0 Å². The van der Waals surface area contributed by atoms with Gasteiger partial charge >= 0.3 is 0 Å². The van der Waals surface area contributed by atoms with Gasteiger partial charge in [0.2, 0.25) is 0 Å². The first kappa shape index (κ1) is 15.2. The fraction of sp³-hybridized carbons (Fsp3) is 0.120. The van der Waals surface area contributed by atoms with E-state index in [1.54, 1.807) is 0 Å². The number of para-hydroxylation sites is 1. The van der Waals surface area contributed by atoms with E-state index in [0.29, 0.717) is 0 Å². The molecule has 0 saturated heterocycles. The molecule has 0 radical (unpaired) electrons. The molecule has 130 valence electrons. The highest BCUT2D eigenvalue weighted by Crippen LogP contribution is 2.54. The topological polar surface area (TPSA) is 12.0 Å². The van der Waals surface area contributed by atoms with Crippen molar-refractivity contribution in [2.75, 3.05) is 5.32 Å². The molecule has 2 heterocycles. The molecule has 0 aliphatic carbocycles. The molecule has 0 unspecified atom stereocenters. The van der Waals surface area contributed by atoms with Gasteiger partial charge in [0.1, 0.15) is 0 Å². The zero-order valence-electron chi connectivity index (χ0n) is 15.3. The fourth-order valence-electron chi connectivity index (χ4n) is 4.83. The van der Waals surface area contributed by atoms with Gasteiger partial charge in [-0.15, -0.1) is 11.3 Å². The first-order valence-corrected chi connectivity index (χ1v) is 10.2. The monoisotopic (exact) mass is 365 g/mol. The second-order valence-electron chi connectivity index (χ2n) is 7.89. The summed E-state index contributed by atoms with van der Waals surface area (Å²) in [6, 6.07) is 26.4. The molecule has 1 nitrogen and oxygen atoms in total. The fourth-order valence-corrected chi connectivity index (χ4v) is 6.05. The minimum absolute atomic E-state index is 0.0544. The second kappa shape index (κ2) is 5.11. The Hall–Kier alpha value is -2.84. The van der Waals surface area contributed by atoms with Gasteiger partial charge in [0.25, 0.3) is 0 Å². The van der Waals surface area contributed by atoms with E-state index in [0.717, 1.165) is 0 Å². The predicted octanol–water partition coefficient (Wildman–Crippen LogP) is 7.59. The summed E-state index contributed by atoms with van der Waals surface area (Å²) in [5.41, 5.74) is 5.23.